The third-order valence-corrected chi connectivity index (χ3v) is 15.6. The van der Waals surface area contributed by atoms with Crippen LogP contribution < -0.4 is 34.6 Å². The summed E-state index contributed by atoms with van der Waals surface area (Å²) in [6.07, 6.45) is -0.0282. The van der Waals surface area contributed by atoms with Crippen molar-refractivity contribution in [2.24, 2.45) is 0 Å². The summed E-state index contributed by atoms with van der Waals surface area (Å²) in [7, 11) is 4.96. The number of benzene rings is 4. The molecule has 67 heavy (non-hydrogen) atoms. The lowest BCUT2D eigenvalue weighted by Crippen LogP contribution is -2.70. The zero-order valence-electron chi connectivity index (χ0n) is 37.9. The SMILES string of the molecule is COc1cc2c(cc1O)CCN[C@]21CS[C@@H]2c3c(OC(C)=O)c(C)c4c(c3[C@H](COC1=O)N1[C@@H]2[C@H]2c3c(cc(C)c(OC)c3O)C[C@@H]([C@@H]1O)N2C)OCO4.Cc1nc2c(O)cccc2c(=O)[nH]1. The summed E-state index contributed by atoms with van der Waals surface area (Å²) in [5, 5.41) is 48.0. The van der Waals surface area contributed by atoms with E-state index in [1.54, 1.807) is 31.2 Å². The number of nitrogens with zero attached hydrogens (tertiary/aromatic N) is 3. The fourth-order valence-corrected chi connectivity index (χ4v) is 12.9. The number of piperazine rings is 1. The molecule has 0 saturated carbocycles. The van der Waals surface area contributed by atoms with Crippen LogP contribution in [0.15, 0.2) is 41.2 Å². The minimum atomic E-state index is -1.36. The lowest BCUT2D eigenvalue weighted by atomic mass is 9.73. The number of aromatic amines is 1. The van der Waals surface area contributed by atoms with Crippen molar-refractivity contribution in [2.45, 2.75) is 81.7 Å². The molecule has 19 heteroatoms. The van der Waals surface area contributed by atoms with Gasteiger partial charge in [-0.25, -0.2) is 9.78 Å². The van der Waals surface area contributed by atoms with Crippen LogP contribution in [0.3, 0.4) is 0 Å². The molecule has 8 heterocycles. The fraction of sp³-hybridized carbons (Fsp3) is 0.417. The molecule has 352 valence electrons. The van der Waals surface area contributed by atoms with Gasteiger partial charge in [0.15, 0.2) is 40.0 Å². The molecule has 7 atom stereocenters. The van der Waals surface area contributed by atoms with Gasteiger partial charge in [0.05, 0.1) is 43.0 Å². The number of aromatic hydroxyl groups is 3. The Hall–Kier alpha value is -6.25. The predicted molar refractivity (Wildman–Crippen MR) is 243 cm³/mol. The number of carbonyl (C=O) groups excluding carboxylic acids is 2. The van der Waals surface area contributed by atoms with Crippen LogP contribution in [0.2, 0.25) is 0 Å². The van der Waals surface area contributed by atoms with Crippen molar-refractivity contribution >= 4 is 34.6 Å². The Bertz CT molecular complexity index is 2960. The standard InChI is InChI=1S/C39H43N3O11S.C9H8N2O2/c1-16-9-20-10-22-37(46)42-23-13-50-38(47)39(21-12-25(48-5)24(44)11-19(21)7-8-40-39)14-54-36(30(42)29(41(22)4)26(20)31(45)32(16)49-6)28-27(23)35-34(51-15-52-35)17(2)33(28)53-18(3)43;1-5-10-8-6(9(13)11-5)3-2-4-7(8)12/h9,11-12,22-23,29-30,36-37,40,44-46H,7-8,10,13-15H2,1-6H3;2-4,12H,1H3,(H,10,11,13)/t22-,23-,29+,30+,36+,37-,39+;/m0./s1. The van der Waals surface area contributed by atoms with Crippen molar-refractivity contribution in [3.05, 3.63) is 97.1 Å². The quantitative estimate of drug-likeness (QED) is 0.109. The van der Waals surface area contributed by atoms with E-state index in [0.717, 1.165) is 16.7 Å². The van der Waals surface area contributed by atoms with E-state index in [9.17, 15) is 34.8 Å². The first kappa shape index (κ1) is 44.6. The highest BCUT2D eigenvalue weighted by atomic mass is 32.2. The van der Waals surface area contributed by atoms with Gasteiger partial charge in [-0.2, -0.15) is 0 Å². The monoisotopic (exact) mass is 937 g/mol. The molecule has 1 spiro atoms. The first-order valence-corrected chi connectivity index (χ1v) is 23.0. The molecule has 4 bridgehead atoms. The van der Waals surface area contributed by atoms with Crippen molar-refractivity contribution in [3.8, 4) is 46.0 Å². The summed E-state index contributed by atoms with van der Waals surface area (Å²) in [6, 6.07) is 7.88. The van der Waals surface area contributed by atoms with Gasteiger partial charge in [-0.15, -0.1) is 11.8 Å². The second-order valence-corrected chi connectivity index (χ2v) is 18.9. The van der Waals surface area contributed by atoms with E-state index >= 15 is 0 Å². The van der Waals surface area contributed by atoms with Gasteiger partial charge in [-0.1, -0.05) is 12.1 Å². The highest BCUT2D eigenvalue weighted by Gasteiger charge is 2.61. The number of carbonyl (C=O) groups is 2. The molecule has 7 aliphatic heterocycles. The first-order valence-electron chi connectivity index (χ1n) is 21.9. The number of phenols is 3. The molecule has 0 unspecified atom stereocenters. The van der Waals surface area contributed by atoms with Gasteiger partial charge >= 0.3 is 11.9 Å². The molecule has 1 aromatic heterocycles. The number of aromatic nitrogens is 2. The molecule has 0 radical (unpaired) electrons. The van der Waals surface area contributed by atoms with Crippen molar-refractivity contribution in [1.82, 2.24) is 25.1 Å². The Kier molecular flexibility index (Phi) is 11.0. The van der Waals surface area contributed by atoms with Gasteiger partial charge in [0.1, 0.15) is 35.7 Å². The number of hydrogen-bond acceptors (Lipinski definition) is 18. The summed E-state index contributed by atoms with van der Waals surface area (Å²) >= 11 is 1.47. The Morgan fingerprint density at radius 1 is 0.955 bits per heavy atom. The second-order valence-electron chi connectivity index (χ2n) is 17.8. The molecule has 6 N–H and O–H groups in total. The largest absolute Gasteiger partial charge is 0.506 e. The molecule has 0 amide bonds. The highest BCUT2D eigenvalue weighted by molar-refractivity contribution is 7.99. The summed E-state index contributed by atoms with van der Waals surface area (Å²) in [5.74, 6) is 1.48. The van der Waals surface area contributed by atoms with Crippen LogP contribution in [0.5, 0.6) is 46.0 Å². The van der Waals surface area contributed by atoms with E-state index in [1.165, 1.54) is 39.0 Å². The minimum Gasteiger partial charge on any atom is -0.506 e. The van der Waals surface area contributed by atoms with Crippen LogP contribution in [0.4, 0.5) is 0 Å². The number of H-pyrrole nitrogens is 1. The molecule has 12 rings (SSSR count). The van der Waals surface area contributed by atoms with Gasteiger partial charge in [-0.3, -0.25) is 24.7 Å². The number of phenolic OH excluding ortho intramolecular Hbond substituents is 3. The third-order valence-electron chi connectivity index (χ3n) is 14.1. The van der Waals surface area contributed by atoms with Crippen molar-refractivity contribution in [2.75, 3.05) is 47.0 Å². The smallest absolute Gasteiger partial charge is 0.331 e. The normalized spacial score (nSPS) is 25.8. The third kappa shape index (κ3) is 6.76. The zero-order valence-corrected chi connectivity index (χ0v) is 38.7. The Labute approximate surface area is 388 Å². The van der Waals surface area contributed by atoms with Gasteiger partial charge in [0, 0.05) is 47.5 Å². The van der Waals surface area contributed by atoms with E-state index < -0.39 is 47.1 Å². The van der Waals surface area contributed by atoms with Crippen molar-refractivity contribution < 1.29 is 58.4 Å². The minimum absolute atomic E-state index is 0.0226. The molecule has 18 nitrogen and oxygen atoms in total. The number of nitrogens with one attached hydrogen (secondary N) is 2. The van der Waals surface area contributed by atoms with E-state index in [-0.39, 0.29) is 53.8 Å². The first-order chi connectivity index (χ1) is 32.1. The Morgan fingerprint density at radius 3 is 2.48 bits per heavy atom. The average molecular weight is 938 g/mol. The molecular weight excluding hydrogens is 887 g/mol. The van der Waals surface area contributed by atoms with Crippen molar-refractivity contribution in [1.29, 1.82) is 0 Å². The van der Waals surface area contributed by atoms with E-state index in [1.807, 2.05) is 31.9 Å². The predicted octanol–water partition coefficient (Wildman–Crippen LogP) is 4.35. The van der Waals surface area contributed by atoms with Crippen LogP contribution in [-0.2, 0) is 32.7 Å². The topological polar surface area (TPSA) is 235 Å². The van der Waals surface area contributed by atoms with Gasteiger partial charge < -0.3 is 53.8 Å². The Morgan fingerprint density at radius 2 is 1.73 bits per heavy atom. The number of thioether (sulfide) groups is 1. The van der Waals surface area contributed by atoms with Crippen LogP contribution >= 0.6 is 11.8 Å². The lowest BCUT2D eigenvalue weighted by Gasteiger charge is -2.62. The van der Waals surface area contributed by atoms with Crippen LogP contribution in [0, 0.1) is 20.8 Å². The number of methoxy groups -OCH3 is 2. The number of fused-ring (bicyclic) bond motifs is 10. The summed E-state index contributed by atoms with van der Waals surface area (Å²) in [6.45, 7) is 6.93. The molecule has 2 saturated heterocycles. The molecule has 0 aliphatic carbocycles. The fourth-order valence-electron chi connectivity index (χ4n) is 11.3. The van der Waals surface area contributed by atoms with Crippen LogP contribution in [-0.4, -0.2) is 117 Å². The Balaban J connectivity index is 0.000000347. The summed E-state index contributed by atoms with van der Waals surface area (Å²) < 4.78 is 35.9. The summed E-state index contributed by atoms with van der Waals surface area (Å²) in [4.78, 5) is 49.6. The lowest BCUT2D eigenvalue weighted by molar-refractivity contribution is -0.186. The number of para-hydroxylation sites is 1. The molecule has 7 aliphatic rings. The second kappa shape index (κ2) is 16.5. The van der Waals surface area contributed by atoms with Crippen LogP contribution in [0.25, 0.3) is 10.9 Å². The number of ether oxygens (including phenoxy) is 6. The van der Waals surface area contributed by atoms with E-state index in [4.69, 9.17) is 28.4 Å². The summed E-state index contributed by atoms with van der Waals surface area (Å²) in [5.41, 5.74) is 4.48. The molecule has 4 aromatic carbocycles. The maximum atomic E-state index is 14.7. The van der Waals surface area contributed by atoms with E-state index in [0.29, 0.717) is 86.9 Å². The molecule has 2 fully saturated rings. The number of aryl methyl sites for hydroxylation is 2. The van der Waals surface area contributed by atoms with Crippen LogP contribution in [0.1, 0.15) is 74.6 Å². The number of esters is 2. The molecule has 5 aromatic rings. The number of rotatable bonds is 3. The number of aliphatic hydroxyl groups excluding tert-OH is 1. The number of aliphatic hydroxyl groups is 1. The van der Waals surface area contributed by atoms with Crippen molar-refractivity contribution in [3.63, 3.8) is 0 Å². The number of hydrogen-bond donors (Lipinski definition) is 6. The number of likely N-dealkylation sites (N-methyl/N-ethyl adjacent to an activating group) is 1. The van der Waals surface area contributed by atoms with Gasteiger partial charge in [0.25, 0.3) is 5.56 Å². The zero-order chi connectivity index (χ0) is 47.4. The highest BCUT2D eigenvalue weighted by Crippen LogP contribution is 2.64. The van der Waals surface area contributed by atoms with Gasteiger partial charge in [-0.05, 0) is 87.2 Å². The maximum Gasteiger partial charge on any atom is 0.331 e. The van der Waals surface area contributed by atoms with E-state index in [2.05, 4.69) is 20.2 Å². The van der Waals surface area contributed by atoms with Gasteiger partial charge in [0.2, 0.25) is 6.79 Å². The molecular formula is C48H51N5O13S. The maximum absolute atomic E-state index is 14.7. The average Bonchev–Trinajstić information content (AvgIpc) is 3.79.